The molecule has 0 spiro atoms. The number of azo groups is 1. The molecule has 9 heteroatoms. The number of aromatic nitrogens is 2. The number of benzene rings is 3. The summed E-state index contributed by atoms with van der Waals surface area (Å²) in [4.78, 5) is 0.0131. The van der Waals surface area contributed by atoms with Gasteiger partial charge in [0.05, 0.1) is 16.3 Å². The molecule has 4 aromatic rings. The van der Waals surface area contributed by atoms with Gasteiger partial charge in [0, 0.05) is 5.02 Å². The van der Waals surface area contributed by atoms with Crippen LogP contribution in [-0.4, -0.2) is 23.3 Å². The van der Waals surface area contributed by atoms with Crippen molar-refractivity contribution in [1.29, 1.82) is 0 Å². The Morgan fingerprint density at radius 1 is 0.833 bits per heavy atom. The molecular formula is C21H15ClN4O3S. The molecule has 4 rings (SSSR count). The average Bonchev–Trinajstić information content (AvgIpc) is 3.11. The molecule has 0 amide bonds. The third kappa shape index (κ3) is 3.83. The van der Waals surface area contributed by atoms with E-state index in [4.69, 9.17) is 11.6 Å². The van der Waals surface area contributed by atoms with Gasteiger partial charge < -0.3 is 5.11 Å². The van der Waals surface area contributed by atoms with Gasteiger partial charge in [-0.1, -0.05) is 48.0 Å². The number of hydrogen-bond acceptors (Lipinski definition) is 6. The van der Waals surface area contributed by atoms with Crippen LogP contribution in [0.15, 0.2) is 105 Å². The minimum atomic E-state index is -4.07. The number of hydrogen-bond donors (Lipinski definition) is 1. The Morgan fingerprint density at radius 3 is 2.07 bits per heavy atom. The number of sulfone groups is 1. The van der Waals surface area contributed by atoms with Crippen LogP contribution in [0.3, 0.4) is 0 Å². The molecule has 0 radical (unpaired) electrons. The maximum absolute atomic E-state index is 13.0. The van der Waals surface area contributed by atoms with Crippen LogP contribution < -0.4 is 0 Å². The lowest BCUT2D eigenvalue weighted by atomic mass is 10.3. The molecule has 0 atom stereocenters. The first-order valence-corrected chi connectivity index (χ1v) is 10.7. The van der Waals surface area contributed by atoms with Gasteiger partial charge in [0.1, 0.15) is 0 Å². The van der Waals surface area contributed by atoms with E-state index in [9.17, 15) is 13.5 Å². The average molecular weight is 439 g/mol. The van der Waals surface area contributed by atoms with Crippen molar-refractivity contribution < 1.29 is 13.5 Å². The Bertz CT molecular complexity index is 1300. The molecule has 1 heterocycles. The fourth-order valence-electron chi connectivity index (χ4n) is 2.73. The zero-order chi connectivity index (χ0) is 21.1. The van der Waals surface area contributed by atoms with E-state index in [1.807, 2.05) is 6.07 Å². The first-order chi connectivity index (χ1) is 14.5. The monoisotopic (exact) mass is 438 g/mol. The highest BCUT2D eigenvalue weighted by Gasteiger charge is 2.30. The van der Waals surface area contributed by atoms with Gasteiger partial charge in [0.25, 0.3) is 0 Å². The highest BCUT2D eigenvalue weighted by molar-refractivity contribution is 7.91. The number of nitrogens with zero attached hydrogens (tertiary/aromatic N) is 4. The van der Waals surface area contributed by atoms with Crippen LogP contribution in [0.25, 0.3) is 5.69 Å². The van der Waals surface area contributed by atoms with Crippen molar-refractivity contribution in [3.05, 3.63) is 90.0 Å². The fourth-order valence-corrected chi connectivity index (χ4v) is 4.13. The Hall–Kier alpha value is -3.49. The standard InChI is InChI=1S/C21H15ClN4O3S/c22-15-11-13-16(14-12-15)23-24-20-19(27)21(25-26(20)17-7-3-1-4-8-17)30(28,29)18-9-5-2-6-10-18/h1-14,27H. The first-order valence-electron chi connectivity index (χ1n) is 8.81. The van der Waals surface area contributed by atoms with Crippen molar-refractivity contribution in [2.45, 2.75) is 9.92 Å². The van der Waals surface area contributed by atoms with Gasteiger partial charge in [-0.3, -0.25) is 0 Å². The minimum Gasteiger partial charge on any atom is -0.502 e. The lowest BCUT2D eigenvalue weighted by Crippen LogP contribution is -2.04. The van der Waals surface area contributed by atoms with E-state index in [0.29, 0.717) is 16.4 Å². The summed E-state index contributed by atoms with van der Waals surface area (Å²) in [6, 6.07) is 23.1. The number of halogens is 1. The normalized spacial score (nSPS) is 11.8. The summed E-state index contributed by atoms with van der Waals surface area (Å²) in [5, 5.41) is 23.1. The molecule has 0 saturated heterocycles. The molecule has 0 bridgehead atoms. The molecule has 3 aromatic carbocycles. The van der Waals surface area contributed by atoms with Gasteiger partial charge in [-0.25, -0.2) is 13.1 Å². The van der Waals surface area contributed by atoms with Crippen molar-refractivity contribution in [3.8, 4) is 11.4 Å². The SMILES string of the molecule is O=S(=O)(c1ccccc1)c1nn(-c2ccccc2)c(N=Nc2ccc(Cl)cc2)c1O. The van der Waals surface area contributed by atoms with Gasteiger partial charge in [-0.05, 0) is 48.5 Å². The smallest absolute Gasteiger partial charge is 0.229 e. The third-order valence-electron chi connectivity index (χ3n) is 4.20. The summed E-state index contributed by atoms with van der Waals surface area (Å²) < 4.78 is 27.3. The molecule has 30 heavy (non-hydrogen) atoms. The van der Waals surface area contributed by atoms with Crippen molar-refractivity contribution in [3.63, 3.8) is 0 Å². The van der Waals surface area contributed by atoms with Crippen molar-refractivity contribution in [1.82, 2.24) is 9.78 Å². The number of aromatic hydroxyl groups is 1. The van der Waals surface area contributed by atoms with Gasteiger partial charge in [-0.2, -0.15) is 0 Å². The second kappa shape index (κ2) is 8.10. The summed E-state index contributed by atoms with van der Waals surface area (Å²) >= 11 is 5.88. The van der Waals surface area contributed by atoms with E-state index < -0.39 is 20.6 Å². The van der Waals surface area contributed by atoms with Gasteiger partial charge in [-0.15, -0.1) is 15.3 Å². The zero-order valence-electron chi connectivity index (χ0n) is 15.4. The maximum atomic E-state index is 13.0. The maximum Gasteiger partial charge on any atom is 0.229 e. The van der Waals surface area contributed by atoms with E-state index in [1.165, 1.54) is 16.8 Å². The van der Waals surface area contributed by atoms with E-state index in [0.717, 1.165) is 0 Å². The fraction of sp³-hybridized carbons (Fsp3) is 0. The van der Waals surface area contributed by atoms with E-state index in [-0.39, 0.29) is 10.7 Å². The lowest BCUT2D eigenvalue weighted by molar-refractivity contribution is 0.459. The summed E-state index contributed by atoms with van der Waals surface area (Å²) in [6.45, 7) is 0. The molecule has 0 aliphatic heterocycles. The van der Waals surface area contributed by atoms with Crippen LogP contribution in [0, 0.1) is 0 Å². The Labute approximate surface area is 177 Å². The molecule has 0 unspecified atom stereocenters. The predicted octanol–water partition coefficient (Wildman–Crippen LogP) is 5.48. The Kier molecular flexibility index (Phi) is 5.35. The van der Waals surface area contributed by atoms with Crippen LogP contribution in [-0.2, 0) is 9.84 Å². The topological polar surface area (TPSA) is 96.9 Å². The van der Waals surface area contributed by atoms with Crippen LogP contribution in [0.4, 0.5) is 11.5 Å². The van der Waals surface area contributed by atoms with Crippen LogP contribution in [0.5, 0.6) is 5.75 Å². The first kappa shape index (κ1) is 19.8. The molecular weight excluding hydrogens is 424 g/mol. The molecule has 0 saturated carbocycles. The molecule has 150 valence electrons. The predicted molar refractivity (Wildman–Crippen MR) is 113 cm³/mol. The largest absolute Gasteiger partial charge is 0.502 e. The summed E-state index contributed by atoms with van der Waals surface area (Å²) in [6.07, 6.45) is 0. The van der Waals surface area contributed by atoms with Gasteiger partial charge >= 0.3 is 0 Å². The molecule has 0 fully saturated rings. The van der Waals surface area contributed by atoms with Crippen molar-refractivity contribution in [2.75, 3.05) is 0 Å². The van der Waals surface area contributed by atoms with Crippen LogP contribution in [0.2, 0.25) is 5.02 Å². The second-order valence-electron chi connectivity index (χ2n) is 6.22. The second-order valence-corrected chi connectivity index (χ2v) is 8.52. The molecule has 0 aliphatic carbocycles. The molecule has 1 N–H and O–H groups in total. The quantitative estimate of drug-likeness (QED) is 0.417. The summed E-state index contributed by atoms with van der Waals surface area (Å²) in [7, 11) is -4.07. The highest BCUT2D eigenvalue weighted by atomic mass is 35.5. The van der Waals surface area contributed by atoms with Crippen LogP contribution >= 0.6 is 11.6 Å². The Morgan fingerprint density at radius 2 is 1.43 bits per heavy atom. The lowest BCUT2D eigenvalue weighted by Gasteiger charge is -2.02. The minimum absolute atomic E-state index is 0.0131. The summed E-state index contributed by atoms with van der Waals surface area (Å²) in [5.74, 6) is -0.689. The van der Waals surface area contributed by atoms with Crippen LogP contribution in [0.1, 0.15) is 0 Å². The highest BCUT2D eigenvalue weighted by Crippen LogP contribution is 2.38. The third-order valence-corrected chi connectivity index (χ3v) is 6.13. The van der Waals surface area contributed by atoms with E-state index in [2.05, 4.69) is 15.3 Å². The molecule has 0 aliphatic rings. The molecule has 7 nitrogen and oxygen atoms in total. The number of rotatable bonds is 5. The van der Waals surface area contributed by atoms with E-state index in [1.54, 1.807) is 66.7 Å². The Balaban J connectivity index is 1.87. The van der Waals surface area contributed by atoms with Gasteiger partial charge in [0.15, 0.2) is 0 Å². The zero-order valence-corrected chi connectivity index (χ0v) is 17.0. The van der Waals surface area contributed by atoms with E-state index >= 15 is 0 Å². The summed E-state index contributed by atoms with van der Waals surface area (Å²) in [5.41, 5.74) is 0.999. The number of para-hydroxylation sites is 1. The molecule has 1 aromatic heterocycles. The van der Waals surface area contributed by atoms with Crippen molar-refractivity contribution >= 4 is 32.9 Å². The van der Waals surface area contributed by atoms with Crippen molar-refractivity contribution in [2.24, 2.45) is 10.2 Å². The van der Waals surface area contributed by atoms with Gasteiger partial charge in [0.2, 0.25) is 26.4 Å².